The molecule has 1 rings (SSSR count). The zero-order chi connectivity index (χ0) is 15.8. The van der Waals surface area contributed by atoms with Crippen LogP contribution in [0.4, 0.5) is 17.6 Å². The van der Waals surface area contributed by atoms with Gasteiger partial charge in [0, 0.05) is 11.6 Å². The van der Waals surface area contributed by atoms with E-state index in [0.717, 1.165) is 0 Å². The van der Waals surface area contributed by atoms with Gasteiger partial charge in [-0.3, -0.25) is 5.43 Å². The molecule has 116 valence electrons. The highest BCUT2D eigenvalue weighted by Crippen LogP contribution is 2.53. The molecule has 4 nitrogen and oxygen atoms in total. The van der Waals surface area contributed by atoms with E-state index in [1.165, 1.54) is 0 Å². The third-order valence-electron chi connectivity index (χ3n) is 3.01. The number of nitrogens with one attached hydrogen (secondary N) is 1. The predicted octanol–water partition coefficient (Wildman–Crippen LogP) is 2.37. The summed E-state index contributed by atoms with van der Waals surface area (Å²) in [5.74, 6) is -1.73. The molecule has 1 unspecified atom stereocenters. The van der Waals surface area contributed by atoms with Crippen molar-refractivity contribution in [1.29, 1.82) is 0 Å². The third-order valence-corrected chi connectivity index (χ3v) is 3.67. The summed E-state index contributed by atoms with van der Waals surface area (Å²) in [6, 6.07) is 0. The molecule has 0 spiro atoms. The molecule has 4 N–H and O–H groups in total. The van der Waals surface area contributed by atoms with Gasteiger partial charge in [0.2, 0.25) is 5.60 Å². The quantitative estimate of drug-likeness (QED) is 0.313. The van der Waals surface area contributed by atoms with E-state index >= 15 is 0 Å². The summed E-state index contributed by atoms with van der Waals surface area (Å²) < 4.78 is 53.3. The Labute approximate surface area is 127 Å². The molecule has 1 aliphatic carbocycles. The number of halogens is 6. The second kappa shape index (κ2) is 5.78. The maximum Gasteiger partial charge on any atom is 0.357 e. The number of hydrazone groups is 1. The number of thiocarbonyl (C=S) groups is 1. The molecule has 0 aromatic heterocycles. The van der Waals surface area contributed by atoms with Gasteiger partial charge in [-0.05, 0) is 54.7 Å². The largest absolute Gasteiger partial charge is 0.376 e. The number of alkyl halides is 6. The van der Waals surface area contributed by atoms with E-state index in [4.69, 9.17) is 5.73 Å². The van der Waals surface area contributed by atoms with Gasteiger partial charge < -0.3 is 10.8 Å². The van der Waals surface area contributed by atoms with Gasteiger partial charge in [0.25, 0.3) is 0 Å². The first kappa shape index (κ1) is 17.7. The van der Waals surface area contributed by atoms with Gasteiger partial charge in [0.1, 0.15) is 0 Å². The van der Waals surface area contributed by atoms with Crippen LogP contribution in [0.2, 0.25) is 0 Å². The monoisotopic (exact) mass is 355 g/mol. The lowest BCUT2D eigenvalue weighted by Gasteiger charge is -2.39. The SMILES string of the molecule is NC(=S)N/N=C1\CCCC1C(O)(C(F)(F)Cl)C(F)(F)Cl. The number of nitrogens with two attached hydrogens (primary N) is 1. The van der Waals surface area contributed by atoms with E-state index in [-0.39, 0.29) is 30.1 Å². The van der Waals surface area contributed by atoms with Crippen molar-refractivity contribution in [3.05, 3.63) is 0 Å². The van der Waals surface area contributed by atoms with Crippen molar-refractivity contribution in [2.45, 2.75) is 35.6 Å². The number of nitrogens with zero attached hydrogens (tertiary/aromatic N) is 1. The molecular weight excluding hydrogens is 345 g/mol. The Morgan fingerprint density at radius 3 is 2.25 bits per heavy atom. The maximum absolute atomic E-state index is 13.3. The smallest absolute Gasteiger partial charge is 0.357 e. The first-order valence-corrected chi connectivity index (χ1v) is 6.55. The fourth-order valence-corrected chi connectivity index (χ4v) is 2.69. The molecule has 0 radical (unpaired) electrons. The van der Waals surface area contributed by atoms with Gasteiger partial charge in [0.05, 0.1) is 0 Å². The Balaban J connectivity index is 3.21. The first-order valence-electron chi connectivity index (χ1n) is 5.39. The highest BCUT2D eigenvalue weighted by Gasteiger charge is 2.71. The Morgan fingerprint density at radius 2 is 1.85 bits per heavy atom. The van der Waals surface area contributed by atoms with E-state index in [1.807, 2.05) is 0 Å². The second-order valence-electron chi connectivity index (χ2n) is 4.29. The summed E-state index contributed by atoms with van der Waals surface area (Å²) in [5, 5.41) is 3.75. The lowest BCUT2D eigenvalue weighted by molar-refractivity contribution is -0.232. The highest BCUT2D eigenvalue weighted by atomic mass is 35.5. The summed E-state index contributed by atoms with van der Waals surface area (Å²) in [7, 11) is 0. The summed E-state index contributed by atoms with van der Waals surface area (Å²) >= 11 is 13.8. The number of hydrogen-bond acceptors (Lipinski definition) is 3. The lowest BCUT2D eigenvalue weighted by atomic mass is 9.85. The summed E-state index contributed by atoms with van der Waals surface area (Å²) in [5.41, 5.74) is 3.07. The van der Waals surface area contributed by atoms with Crippen LogP contribution in [0.25, 0.3) is 0 Å². The topological polar surface area (TPSA) is 70.6 Å². The van der Waals surface area contributed by atoms with Crippen LogP contribution in [-0.4, -0.2) is 32.3 Å². The van der Waals surface area contributed by atoms with E-state index in [1.54, 1.807) is 0 Å². The van der Waals surface area contributed by atoms with E-state index in [2.05, 4.69) is 45.9 Å². The number of rotatable bonds is 4. The van der Waals surface area contributed by atoms with Gasteiger partial charge in [-0.2, -0.15) is 22.7 Å². The van der Waals surface area contributed by atoms with E-state index in [9.17, 15) is 22.7 Å². The van der Waals surface area contributed by atoms with Crippen molar-refractivity contribution in [1.82, 2.24) is 5.43 Å². The van der Waals surface area contributed by atoms with Gasteiger partial charge in [-0.1, -0.05) is 0 Å². The molecular formula is C9H11Cl2F4N3OS. The maximum atomic E-state index is 13.3. The van der Waals surface area contributed by atoms with Gasteiger partial charge >= 0.3 is 10.8 Å². The van der Waals surface area contributed by atoms with Crippen LogP contribution < -0.4 is 11.2 Å². The second-order valence-corrected chi connectivity index (χ2v) is 5.68. The molecule has 0 aromatic rings. The molecule has 1 aliphatic rings. The molecule has 0 amide bonds. The van der Waals surface area contributed by atoms with Crippen LogP contribution in [0, 0.1) is 5.92 Å². The van der Waals surface area contributed by atoms with Crippen molar-refractivity contribution in [3.8, 4) is 0 Å². The van der Waals surface area contributed by atoms with Crippen LogP contribution in [0.3, 0.4) is 0 Å². The van der Waals surface area contributed by atoms with Crippen molar-refractivity contribution in [3.63, 3.8) is 0 Å². The van der Waals surface area contributed by atoms with Crippen molar-refractivity contribution < 1.29 is 22.7 Å². The Bertz CT molecular complexity index is 410. The third kappa shape index (κ3) is 3.26. The summed E-state index contributed by atoms with van der Waals surface area (Å²) in [6.45, 7) is 0. The van der Waals surface area contributed by atoms with Gasteiger partial charge in [-0.25, -0.2) is 0 Å². The van der Waals surface area contributed by atoms with Gasteiger partial charge in [0.15, 0.2) is 5.11 Å². The van der Waals surface area contributed by atoms with Crippen molar-refractivity contribution in [2.75, 3.05) is 0 Å². The molecule has 0 aromatic carbocycles. The van der Waals surface area contributed by atoms with Crippen molar-refractivity contribution >= 4 is 46.2 Å². The molecule has 0 heterocycles. The average molecular weight is 356 g/mol. The Hall–Kier alpha value is -0.380. The molecule has 11 heteroatoms. The highest BCUT2D eigenvalue weighted by molar-refractivity contribution is 7.80. The minimum atomic E-state index is -4.66. The minimum absolute atomic E-state index is 0.0997. The van der Waals surface area contributed by atoms with E-state index in [0.29, 0.717) is 0 Å². The van der Waals surface area contributed by atoms with Crippen LogP contribution in [-0.2, 0) is 0 Å². The predicted molar refractivity (Wildman–Crippen MR) is 71.2 cm³/mol. The molecule has 0 saturated heterocycles. The van der Waals surface area contributed by atoms with Crippen LogP contribution in [0.15, 0.2) is 5.10 Å². The van der Waals surface area contributed by atoms with Crippen LogP contribution in [0.1, 0.15) is 19.3 Å². The van der Waals surface area contributed by atoms with Crippen LogP contribution in [0.5, 0.6) is 0 Å². The van der Waals surface area contributed by atoms with Crippen molar-refractivity contribution in [2.24, 2.45) is 16.8 Å². The molecule has 20 heavy (non-hydrogen) atoms. The molecule has 0 aliphatic heterocycles. The molecule has 1 atom stereocenters. The van der Waals surface area contributed by atoms with Gasteiger partial charge in [-0.15, -0.1) is 0 Å². The summed E-state index contributed by atoms with van der Waals surface area (Å²) in [4.78, 5) is 0. The molecule has 1 fully saturated rings. The zero-order valence-electron chi connectivity index (χ0n) is 9.85. The fourth-order valence-electron chi connectivity index (χ4n) is 2.09. The Kier molecular flexibility index (Phi) is 5.11. The molecule has 1 saturated carbocycles. The zero-order valence-corrected chi connectivity index (χ0v) is 12.2. The first-order chi connectivity index (χ1) is 8.91. The molecule has 0 bridgehead atoms. The lowest BCUT2D eigenvalue weighted by Crippen LogP contribution is -2.61. The standard InChI is InChI=1S/C9H11Cl2F4N3OS/c10-8(12,13)7(19,9(11,14)15)4-2-1-3-5(4)17-18-6(16)20/h4,19H,1-3H2,(H3,16,18,20)/b17-5+. The summed E-state index contributed by atoms with van der Waals surface area (Å²) in [6.07, 6.45) is 0.173. The minimum Gasteiger partial charge on any atom is -0.376 e. The number of hydrogen-bond donors (Lipinski definition) is 3. The fraction of sp³-hybridized carbons (Fsp3) is 0.778. The van der Waals surface area contributed by atoms with Crippen LogP contribution >= 0.6 is 35.4 Å². The average Bonchev–Trinajstić information content (AvgIpc) is 2.70. The Morgan fingerprint density at radius 1 is 1.35 bits per heavy atom. The van der Waals surface area contributed by atoms with E-state index < -0.39 is 22.3 Å². The normalized spacial score (nSPS) is 23.1. The number of aliphatic hydroxyl groups is 1.